The van der Waals surface area contributed by atoms with Crippen molar-refractivity contribution in [3.8, 4) is 5.13 Å². The van der Waals surface area contributed by atoms with E-state index in [0.29, 0.717) is 11.8 Å². The number of para-hydroxylation sites is 1. The smallest absolute Gasteiger partial charge is 0.247 e. The Morgan fingerprint density at radius 1 is 1.14 bits per heavy atom. The molecular formula is C22H22N4OS. The minimum absolute atomic E-state index is 0.285. The van der Waals surface area contributed by atoms with Gasteiger partial charge >= 0.3 is 0 Å². The molecule has 3 aliphatic heterocycles. The number of hydrogen-bond donors (Lipinski definition) is 0. The van der Waals surface area contributed by atoms with E-state index in [-0.39, 0.29) is 11.6 Å². The van der Waals surface area contributed by atoms with Crippen LogP contribution in [0.2, 0.25) is 0 Å². The monoisotopic (exact) mass is 390 g/mol. The van der Waals surface area contributed by atoms with E-state index in [1.807, 2.05) is 34.7 Å². The van der Waals surface area contributed by atoms with Crippen molar-refractivity contribution in [1.82, 2.24) is 14.5 Å². The summed E-state index contributed by atoms with van der Waals surface area (Å²) in [5, 5.41) is 3.02. The van der Waals surface area contributed by atoms with Gasteiger partial charge in [0.1, 0.15) is 5.54 Å². The average Bonchev–Trinajstić information content (AvgIpc) is 3.51. The topological polar surface area (TPSA) is 41.4 Å². The molecular weight excluding hydrogens is 368 g/mol. The Balaban J connectivity index is 1.38. The summed E-state index contributed by atoms with van der Waals surface area (Å²) in [4.78, 5) is 22.7. The minimum Gasteiger partial charge on any atom is -0.310 e. The van der Waals surface area contributed by atoms with Crippen LogP contribution in [0.4, 0.5) is 5.69 Å². The number of anilines is 1. The Kier molecular flexibility index (Phi) is 3.55. The van der Waals surface area contributed by atoms with Gasteiger partial charge in [-0.05, 0) is 50.1 Å². The minimum atomic E-state index is -0.321. The molecule has 3 fully saturated rings. The van der Waals surface area contributed by atoms with Gasteiger partial charge in [0.15, 0.2) is 5.13 Å². The Hall–Kier alpha value is -2.44. The van der Waals surface area contributed by atoms with Crippen LogP contribution in [0, 0.1) is 5.92 Å². The highest BCUT2D eigenvalue weighted by molar-refractivity contribution is 7.12. The molecule has 6 rings (SSSR count). The predicted octanol–water partition coefficient (Wildman–Crippen LogP) is 3.88. The Bertz CT molecular complexity index is 1010. The Labute approximate surface area is 168 Å². The molecule has 3 atom stereocenters. The van der Waals surface area contributed by atoms with Crippen molar-refractivity contribution in [2.24, 2.45) is 5.92 Å². The Morgan fingerprint density at radius 2 is 2.04 bits per heavy atom. The van der Waals surface area contributed by atoms with Gasteiger partial charge in [-0.2, -0.15) is 0 Å². The molecule has 0 N–H and O–H groups in total. The lowest BCUT2D eigenvalue weighted by Gasteiger charge is -2.33. The lowest BCUT2D eigenvalue weighted by Crippen LogP contribution is -2.49. The quantitative estimate of drug-likeness (QED) is 0.682. The molecule has 1 aromatic carbocycles. The number of carbonyl (C=O) groups is 1. The lowest BCUT2D eigenvalue weighted by atomic mass is 9.85. The second kappa shape index (κ2) is 6.03. The molecule has 0 aliphatic carbocycles. The first-order valence-corrected chi connectivity index (χ1v) is 10.9. The lowest BCUT2D eigenvalue weighted by molar-refractivity contribution is -0.126. The molecule has 0 radical (unpaired) electrons. The third kappa shape index (κ3) is 2.10. The molecule has 1 amide bonds. The van der Waals surface area contributed by atoms with Crippen molar-refractivity contribution in [3.63, 3.8) is 0 Å². The maximum absolute atomic E-state index is 13.7. The van der Waals surface area contributed by atoms with E-state index < -0.39 is 0 Å². The van der Waals surface area contributed by atoms with Gasteiger partial charge in [-0.15, -0.1) is 11.3 Å². The molecule has 0 saturated carbocycles. The molecule has 142 valence electrons. The number of aromatic nitrogens is 2. The van der Waals surface area contributed by atoms with E-state index in [1.165, 1.54) is 5.69 Å². The fourth-order valence-electron chi connectivity index (χ4n) is 5.78. The van der Waals surface area contributed by atoms with Crippen molar-refractivity contribution in [3.05, 3.63) is 65.9 Å². The summed E-state index contributed by atoms with van der Waals surface area (Å²) < 4.78 is 2.21. The summed E-state index contributed by atoms with van der Waals surface area (Å²) in [6.07, 6.45) is 7.06. The van der Waals surface area contributed by atoms with E-state index in [2.05, 4.69) is 44.9 Å². The maximum atomic E-state index is 13.7. The molecule has 6 heteroatoms. The van der Waals surface area contributed by atoms with Gasteiger partial charge in [0.05, 0.1) is 6.04 Å². The first-order valence-electron chi connectivity index (χ1n) is 10.00. The molecule has 0 bridgehead atoms. The fourth-order valence-corrected chi connectivity index (χ4v) is 6.42. The number of rotatable bonds is 3. The third-order valence-electron chi connectivity index (χ3n) is 6.86. The van der Waals surface area contributed by atoms with Gasteiger partial charge in [-0.25, -0.2) is 4.98 Å². The number of benzene rings is 1. The molecule has 0 unspecified atom stereocenters. The van der Waals surface area contributed by atoms with Crippen molar-refractivity contribution < 1.29 is 4.79 Å². The summed E-state index contributed by atoms with van der Waals surface area (Å²) >= 11 is 1.65. The van der Waals surface area contributed by atoms with E-state index in [9.17, 15) is 4.79 Å². The highest BCUT2D eigenvalue weighted by atomic mass is 32.1. The van der Waals surface area contributed by atoms with Crippen molar-refractivity contribution in [2.45, 2.75) is 30.8 Å². The van der Waals surface area contributed by atoms with Gasteiger partial charge in [-0.1, -0.05) is 18.2 Å². The van der Waals surface area contributed by atoms with Crippen LogP contribution in [0.25, 0.3) is 5.13 Å². The predicted molar refractivity (Wildman–Crippen MR) is 110 cm³/mol. The second-order valence-electron chi connectivity index (χ2n) is 8.04. The molecule has 2 aromatic heterocycles. The number of hydrogen-bond acceptors (Lipinski definition) is 4. The average molecular weight is 391 g/mol. The Morgan fingerprint density at radius 3 is 2.86 bits per heavy atom. The van der Waals surface area contributed by atoms with Gasteiger partial charge in [0, 0.05) is 41.6 Å². The van der Waals surface area contributed by atoms with Crippen molar-refractivity contribution in [2.75, 3.05) is 18.0 Å². The van der Waals surface area contributed by atoms with Crippen LogP contribution in [-0.4, -0.2) is 39.0 Å². The molecule has 28 heavy (non-hydrogen) atoms. The number of amides is 1. The molecule has 3 saturated heterocycles. The standard InChI is InChI=1S/C22H22N4OS/c27-20-22-9-5-12-26(22)19(18-8-4-11-24(18)21-23-10-13-28-21)14-16(22)15-25(20)17-6-2-1-3-7-17/h1-4,6-8,10-11,13,16,19H,5,9,12,14-15H2/t16-,19-,22-/m0/s1. The van der Waals surface area contributed by atoms with E-state index in [0.717, 1.165) is 43.2 Å². The van der Waals surface area contributed by atoms with Gasteiger partial charge < -0.3 is 4.90 Å². The zero-order valence-corrected chi connectivity index (χ0v) is 16.4. The van der Waals surface area contributed by atoms with Crippen LogP contribution in [0.1, 0.15) is 31.0 Å². The first kappa shape index (κ1) is 16.5. The molecule has 5 heterocycles. The third-order valence-corrected chi connectivity index (χ3v) is 7.63. The molecule has 3 aromatic rings. The second-order valence-corrected chi connectivity index (χ2v) is 8.91. The van der Waals surface area contributed by atoms with Gasteiger partial charge in [-0.3, -0.25) is 14.3 Å². The summed E-state index contributed by atoms with van der Waals surface area (Å²) in [6.45, 7) is 1.83. The van der Waals surface area contributed by atoms with Crippen molar-refractivity contribution >= 4 is 22.9 Å². The summed E-state index contributed by atoms with van der Waals surface area (Å²) in [7, 11) is 0. The van der Waals surface area contributed by atoms with Crippen LogP contribution in [0.15, 0.2) is 60.2 Å². The SMILES string of the molecule is O=C1N(c2ccccc2)C[C@@H]2C[C@@H](c3cccn3-c3nccs3)N3CCC[C@@]123. The summed E-state index contributed by atoms with van der Waals surface area (Å²) in [6, 6.07) is 14.8. The van der Waals surface area contributed by atoms with Gasteiger partial charge in [0.2, 0.25) is 5.91 Å². The van der Waals surface area contributed by atoms with E-state index in [1.54, 1.807) is 11.3 Å². The highest BCUT2D eigenvalue weighted by Crippen LogP contribution is 2.56. The van der Waals surface area contributed by atoms with E-state index >= 15 is 0 Å². The van der Waals surface area contributed by atoms with Crippen LogP contribution in [0.5, 0.6) is 0 Å². The largest absolute Gasteiger partial charge is 0.310 e. The molecule has 1 spiro atoms. The number of nitrogens with zero attached hydrogens (tertiary/aromatic N) is 4. The molecule has 3 aliphatic rings. The summed E-state index contributed by atoms with van der Waals surface area (Å²) in [5.41, 5.74) is 1.98. The van der Waals surface area contributed by atoms with Crippen LogP contribution in [0.3, 0.4) is 0 Å². The van der Waals surface area contributed by atoms with Gasteiger partial charge in [0.25, 0.3) is 0 Å². The van der Waals surface area contributed by atoms with Crippen LogP contribution in [-0.2, 0) is 4.79 Å². The van der Waals surface area contributed by atoms with Crippen molar-refractivity contribution in [1.29, 1.82) is 0 Å². The zero-order chi connectivity index (χ0) is 18.7. The number of thiazole rings is 1. The fraction of sp³-hybridized carbons (Fsp3) is 0.364. The maximum Gasteiger partial charge on any atom is 0.247 e. The van der Waals surface area contributed by atoms with Crippen LogP contribution >= 0.6 is 11.3 Å². The zero-order valence-electron chi connectivity index (χ0n) is 15.6. The van der Waals surface area contributed by atoms with E-state index in [4.69, 9.17) is 0 Å². The summed E-state index contributed by atoms with van der Waals surface area (Å²) in [5.74, 6) is 0.684. The van der Waals surface area contributed by atoms with Crippen LogP contribution < -0.4 is 4.90 Å². The molecule has 5 nitrogen and oxygen atoms in total. The number of carbonyl (C=O) groups excluding carboxylic acids is 1. The normalized spacial score (nSPS) is 29.4. The first-order chi connectivity index (χ1) is 13.8. The highest BCUT2D eigenvalue weighted by Gasteiger charge is 2.65.